The molecule has 0 spiro atoms. The molecule has 106 valence electrons. The molecule has 1 aliphatic rings. The number of aromatic nitrogens is 2. The van der Waals surface area contributed by atoms with Gasteiger partial charge in [-0.1, -0.05) is 13.3 Å². The molecule has 0 bridgehead atoms. The van der Waals surface area contributed by atoms with Gasteiger partial charge in [-0.2, -0.15) is 0 Å². The molecule has 1 aromatic heterocycles. The third-order valence-corrected chi connectivity index (χ3v) is 3.89. The van der Waals surface area contributed by atoms with Crippen LogP contribution in [0.5, 0.6) is 0 Å². The molecule has 2 rings (SSSR count). The molecule has 0 unspecified atom stereocenters. The number of hydrogen-bond acceptors (Lipinski definition) is 4. The molecule has 1 fully saturated rings. The van der Waals surface area contributed by atoms with Gasteiger partial charge in [-0.15, -0.1) is 0 Å². The van der Waals surface area contributed by atoms with E-state index in [1.165, 1.54) is 24.8 Å². The number of rotatable bonds is 6. The maximum atomic E-state index is 4.63. The lowest BCUT2D eigenvalue weighted by Gasteiger charge is -2.31. The van der Waals surface area contributed by atoms with Gasteiger partial charge in [0.05, 0.1) is 0 Å². The van der Waals surface area contributed by atoms with Gasteiger partial charge in [0.15, 0.2) is 0 Å². The average Bonchev–Trinajstić information content (AvgIpc) is 2.34. The molecule has 0 aromatic carbocycles. The van der Waals surface area contributed by atoms with Crippen molar-refractivity contribution in [3.8, 4) is 0 Å². The fourth-order valence-electron chi connectivity index (χ4n) is 2.55. The Balaban J connectivity index is 2.15. The van der Waals surface area contributed by atoms with Gasteiger partial charge in [-0.05, 0) is 39.0 Å². The Bertz CT molecular complexity index is 426. The molecule has 1 heterocycles. The fourth-order valence-corrected chi connectivity index (χ4v) is 2.55. The standard InChI is InChI=1S/C15H26N4/c1-5-9-16-14-11(2)15(18-12(3)17-14)19(4)10-13-7-6-8-13/h13H,5-10H2,1-4H3,(H,16,17,18). The second-order valence-electron chi connectivity index (χ2n) is 5.67. The summed E-state index contributed by atoms with van der Waals surface area (Å²) in [6, 6.07) is 0. The molecule has 0 aliphatic heterocycles. The molecular formula is C15H26N4. The molecule has 1 saturated carbocycles. The van der Waals surface area contributed by atoms with Crippen molar-refractivity contribution in [3.63, 3.8) is 0 Å². The Morgan fingerprint density at radius 2 is 2.00 bits per heavy atom. The normalized spacial score (nSPS) is 15.2. The maximum Gasteiger partial charge on any atom is 0.137 e. The zero-order valence-electron chi connectivity index (χ0n) is 12.7. The van der Waals surface area contributed by atoms with Crippen LogP contribution in [-0.4, -0.2) is 30.1 Å². The van der Waals surface area contributed by atoms with Gasteiger partial charge in [0.1, 0.15) is 17.5 Å². The van der Waals surface area contributed by atoms with Crippen molar-refractivity contribution >= 4 is 11.6 Å². The predicted octanol–water partition coefficient (Wildman–Crippen LogP) is 3.15. The second kappa shape index (κ2) is 6.22. The Morgan fingerprint density at radius 3 is 2.58 bits per heavy atom. The van der Waals surface area contributed by atoms with Gasteiger partial charge in [-0.3, -0.25) is 0 Å². The van der Waals surface area contributed by atoms with Crippen molar-refractivity contribution in [1.82, 2.24) is 9.97 Å². The molecule has 0 saturated heterocycles. The van der Waals surface area contributed by atoms with E-state index in [-0.39, 0.29) is 0 Å². The summed E-state index contributed by atoms with van der Waals surface area (Å²) in [5.74, 6) is 3.77. The van der Waals surface area contributed by atoms with Crippen molar-refractivity contribution in [2.75, 3.05) is 30.4 Å². The Labute approximate surface area is 116 Å². The maximum absolute atomic E-state index is 4.63. The van der Waals surface area contributed by atoms with E-state index >= 15 is 0 Å². The van der Waals surface area contributed by atoms with Crippen molar-refractivity contribution < 1.29 is 0 Å². The lowest BCUT2D eigenvalue weighted by atomic mass is 9.85. The van der Waals surface area contributed by atoms with Crippen LogP contribution < -0.4 is 10.2 Å². The van der Waals surface area contributed by atoms with Crippen LogP contribution >= 0.6 is 0 Å². The Morgan fingerprint density at radius 1 is 1.26 bits per heavy atom. The van der Waals surface area contributed by atoms with Gasteiger partial charge in [0.25, 0.3) is 0 Å². The van der Waals surface area contributed by atoms with Crippen LogP contribution in [0.2, 0.25) is 0 Å². The number of nitrogens with zero attached hydrogens (tertiary/aromatic N) is 3. The van der Waals surface area contributed by atoms with E-state index in [0.29, 0.717) is 0 Å². The summed E-state index contributed by atoms with van der Waals surface area (Å²) in [7, 11) is 2.15. The van der Waals surface area contributed by atoms with Crippen LogP contribution in [0, 0.1) is 19.8 Å². The van der Waals surface area contributed by atoms with E-state index in [0.717, 1.165) is 42.9 Å². The summed E-state index contributed by atoms with van der Waals surface area (Å²) in [4.78, 5) is 11.4. The SMILES string of the molecule is CCCNc1nc(C)nc(N(C)CC2CCC2)c1C. The van der Waals surface area contributed by atoms with E-state index in [2.05, 4.69) is 41.1 Å². The first-order valence-corrected chi connectivity index (χ1v) is 7.42. The first-order valence-electron chi connectivity index (χ1n) is 7.42. The van der Waals surface area contributed by atoms with Crippen molar-refractivity contribution in [3.05, 3.63) is 11.4 Å². The van der Waals surface area contributed by atoms with Crippen molar-refractivity contribution in [2.24, 2.45) is 5.92 Å². The minimum atomic E-state index is 0.847. The summed E-state index contributed by atoms with van der Waals surface area (Å²) in [6.07, 6.45) is 5.24. The minimum Gasteiger partial charge on any atom is -0.370 e. The molecule has 4 nitrogen and oxygen atoms in total. The first kappa shape index (κ1) is 14.1. The highest BCUT2D eigenvalue weighted by Crippen LogP contribution is 2.30. The highest BCUT2D eigenvalue weighted by atomic mass is 15.2. The molecular weight excluding hydrogens is 236 g/mol. The van der Waals surface area contributed by atoms with Crippen LogP contribution in [0.25, 0.3) is 0 Å². The average molecular weight is 262 g/mol. The molecule has 1 N–H and O–H groups in total. The van der Waals surface area contributed by atoms with Crippen LogP contribution in [-0.2, 0) is 0 Å². The number of hydrogen-bond donors (Lipinski definition) is 1. The molecule has 4 heteroatoms. The Kier molecular flexibility index (Phi) is 4.61. The smallest absolute Gasteiger partial charge is 0.137 e. The monoisotopic (exact) mass is 262 g/mol. The zero-order chi connectivity index (χ0) is 13.8. The van der Waals surface area contributed by atoms with Gasteiger partial charge >= 0.3 is 0 Å². The second-order valence-corrected chi connectivity index (χ2v) is 5.67. The van der Waals surface area contributed by atoms with E-state index in [1.807, 2.05) is 6.92 Å². The molecule has 0 atom stereocenters. The summed E-state index contributed by atoms with van der Waals surface area (Å²) >= 11 is 0. The lowest BCUT2D eigenvalue weighted by Crippen LogP contribution is -2.30. The van der Waals surface area contributed by atoms with Crippen molar-refractivity contribution in [2.45, 2.75) is 46.5 Å². The van der Waals surface area contributed by atoms with Gasteiger partial charge < -0.3 is 10.2 Å². The third-order valence-electron chi connectivity index (χ3n) is 3.89. The topological polar surface area (TPSA) is 41.1 Å². The summed E-state index contributed by atoms with van der Waals surface area (Å²) < 4.78 is 0. The van der Waals surface area contributed by atoms with Crippen molar-refractivity contribution in [1.29, 1.82) is 0 Å². The lowest BCUT2D eigenvalue weighted by molar-refractivity contribution is 0.321. The van der Waals surface area contributed by atoms with E-state index in [4.69, 9.17) is 0 Å². The van der Waals surface area contributed by atoms with Gasteiger partial charge in [-0.25, -0.2) is 9.97 Å². The van der Waals surface area contributed by atoms with Crippen LogP contribution in [0.3, 0.4) is 0 Å². The number of nitrogens with one attached hydrogen (secondary N) is 1. The minimum absolute atomic E-state index is 0.847. The van der Waals surface area contributed by atoms with Crippen LogP contribution in [0.15, 0.2) is 0 Å². The largest absolute Gasteiger partial charge is 0.370 e. The van der Waals surface area contributed by atoms with Crippen LogP contribution in [0.4, 0.5) is 11.6 Å². The molecule has 1 aromatic rings. The highest BCUT2D eigenvalue weighted by Gasteiger charge is 2.21. The summed E-state index contributed by atoms with van der Waals surface area (Å²) in [5.41, 5.74) is 1.17. The number of aryl methyl sites for hydroxylation is 1. The zero-order valence-corrected chi connectivity index (χ0v) is 12.7. The summed E-state index contributed by atoms with van der Waals surface area (Å²) in [5, 5.41) is 3.40. The van der Waals surface area contributed by atoms with E-state index in [1.54, 1.807) is 0 Å². The van der Waals surface area contributed by atoms with Crippen LogP contribution in [0.1, 0.15) is 44.0 Å². The molecule has 19 heavy (non-hydrogen) atoms. The molecule has 1 aliphatic carbocycles. The quantitative estimate of drug-likeness (QED) is 0.855. The van der Waals surface area contributed by atoms with Gasteiger partial charge in [0, 0.05) is 25.7 Å². The third kappa shape index (κ3) is 3.37. The van der Waals surface area contributed by atoms with E-state index in [9.17, 15) is 0 Å². The first-order chi connectivity index (χ1) is 9.11. The fraction of sp³-hybridized carbons (Fsp3) is 0.733. The summed E-state index contributed by atoms with van der Waals surface area (Å²) in [6.45, 7) is 8.33. The Hall–Kier alpha value is -1.32. The molecule has 0 amide bonds. The van der Waals surface area contributed by atoms with Gasteiger partial charge in [0.2, 0.25) is 0 Å². The number of anilines is 2. The highest BCUT2D eigenvalue weighted by molar-refractivity contribution is 5.58. The molecule has 0 radical (unpaired) electrons. The van der Waals surface area contributed by atoms with E-state index < -0.39 is 0 Å². The predicted molar refractivity (Wildman–Crippen MR) is 80.9 cm³/mol.